The number of halogens is 1. The minimum Gasteiger partial charge on any atom is -0.295 e. The predicted molar refractivity (Wildman–Crippen MR) is 105 cm³/mol. The van der Waals surface area contributed by atoms with E-state index in [4.69, 9.17) is 0 Å². The summed E-state index contributed by atoms with van der Waals surface area (Å²) in [6.07, 6.45) is 11.8. The number of nitrogens with zero attached hydrogens (tertiary/aromatic N) is 1. The lowest BCUT2D eigenvalue weighted by Gasteiger charge is -2.57. The Kier molecular flexibility index (Phi) is 3.82. The van der Waals surface area contributed by atoms with Crippen LogP contribution in [0.5, 0.6) is 0 Å². The molecule has 3 nitrogen and oxygen atoms in total. The molecule has 2 fully saturated rings. The number of pyridine rings is 1. The van der Waals surface area contributed by atoms with Crippen molar-refractivity contribution < 1.29 is 14.0 Å². The van der Waals surface area contributed by atoms with Gasteiger partial charge in [-0.15, -0.1) is 0 Å². The maximum Gasteiger partial charge on any atom is 0.159 e. The van der Waals surface area contributed by atoms with Gasteiger partial charge in [-0.25, -0.2) is 4.39 Å². The second-order valence-corrected chi connectivity index (χ2v) is 9.65. The summed E-state index contributed by atoms with van der Waals surface area (Å²) in [5, 5.41) is 0. The van der Waals surface area contributed by atoms with Gasteiger partial charge < -0.3 is 0 Å². The fourth-order valence-electron chi connectivity index (χ4n) is 6.96. The molecule has 0 saturated heterocycles. The quantitative estimate of drug-likeness (QED) is 0.695. The van der Waals surface area contributed by atoms with Crippen molar-refractivity contribution in [1.29, 1.82) is 0 Å². The standard InChI is InChI=1S/C24H26FNO2/c1-23-8-6-20-17(11-22(28)21-10-16(27)5-7-24(20,21)2)19(23)4-3-18(23)14-9-15(25)13-26-12-14/h3,9-10,12-13,17,19-20H,4-8,11H2,1-2H3. The number of fused-ring (bicyclic) bond motifs is 5. The fourth-order valence-corrected chi connectivity index (χ4v) is 6.96. The fraction of sp³-hybridized carbons (Fsp3) is 0.542. The average Bonchev–Trinajstić information content (AvgIpc) is 3.01. The molecule has 0 bridgehead atoms. The molecule has 146 valence electrons. The summed E-state index contributed by atoms with van der Waals surface area (Å²) in [6.45, 7) is 4.50. The van der Waals surface area contributed by atoms with Crippen LogP contribution < -0.4 is 0 Å². The first-order chi connectivity index (χ1) is 13.3. The smallest absolute Gasteiger partial charge is 0.159 e. The number of rotatable bonds is 1. The molecule has 4 aliphatic rings. The highest BCUT2D eigenvalue weighted by molar-refractivity contribution is 6.05. The second-order valence-electron chi connectivity index (χ2n) is 9.65. The van der Waals surface area contributed by atoms with Gasteiger partial charge in [0.25, 0.3) is 0 Å². The van der Waals surface area contributed by atoms with Crippen molar-refractivity contribution in [2.45, 2.75) is 52.4 Å². The summed E-state index contributed by atoms with van der Waals surface area (Å²) in [6, 6.07) is 1.58. The number of allylic oxidation sites excluding steroid dienone is 4. The zero-order valence-electron chi connectivity index (χ0n) is 16.5. The zero-order chi connectivity index (χ0) is 19.7. The van der Waals surface area contributed by atoms with Gasteiger partial charge in [0, 0.05) is 24.6 Å². The van der Waals surface area contributed by atoms with Gasteiger partial charge >= 0.3 is 0 Å². The van der Waals surface area contributed by atoms with Crippen LogP contribution in [0.3, 0.4) is 0 Å². The Bertz CT molecular complexity index is 948. The third kappa shape index (κ3) is 2.36. The van der Waals surface area contributed by atoms with Gasteiger partial charge in [-0.3, -0.25) is 14.6 Å². The Morgan fingerprint density at radius 1 is 1.07 bits per heavy atom. The van der Waals surface area contributed by atoms with Gasteiger partial charge in [-0.2, -0.15) is 0 Å². The van der Waals surface area contributed by atoms with E-state index in [1.165, 1.54) is 11.8 Å². The van der Waals surface area contributed by atoms with Crippen LogP contribution in [0.4, 0.5) is 4.39 Å². The lowest BCUT2D eigenvalue weighted by atomic mass is 9.46. The first-order valence-electron chi connectivity index (χ1n) is 10.4. The van der Waals surface area contributed by atoms with Crippen LogP contribution in [0.15, 0.2) is 36.2 Å². The van der Waals surface area contributed by atoms with E-state index in [0.717, 1.165) is 36.8 Å². The highest BCUT2D eigenvalue weighted by atomic mass is 19.1. The van der Waals surface area contributed by atoms with E-state index in [1.54, 1.807) is 18.3 Å². The van der Waals surface area contributed by atoms with Crippen LogP contribution in [-0.2, 0) is 9.59 Å². The van der Waals surface area contributed by atoms with E-state index in [1.807, 2.05) is 0 Å². The summed E-state index contributed by atoms with van der Waals surface area (Å²) < 4.78 is 13.8. The number of Topliss-reactive ketones (excluding diaryl/α,β-unsaturated/α-hetero) is 1. The van der Waals surface area contributed by atoms with Crippen LogP contribution in [0.25, 0.3) is 5.57 Å². The SMILES string of the molecule is CC12CCC(=O)C=C1C(=O)CC1C2CCC2(C)C(c3cncc(F)c3)=CCC12. The van der Waals surface area contributed by atoms with Gasteiger partial charge in [-0.1, -0.05) is 19.9 Å². The molecule has 0 amide bonds. The van der Waals surface area contributed by atoms with Crippen molar-refractivity contribution in [3.8, 4) is 0 Å². The molecule has 4 aliphatic carbocycles. The maximum atomic E-state index is 13.8. The number of hydrogen-bond donors (Lipinski definition) is 0. The van der Waals surface area contributed by atoms with Crippen LogP contribution >= 0.6 is 0 Å². The third-order valence-corrected chi connectivity index (χ3v) is 8.39. The predicted octanol–water partition coefficient (Wildman–Crippen LogP) is 4.92. The van der Waals surface area contributed by atoms with Crippen molar-refractivity contribution in [1.82, 2.24) is 4.98 Å². The molecule has 1 aromatic heterocycles. The van der Waals surface area contributed by atoms with E-state index in [-0.39, 0.29) is 28.2 Å². The summed E-state index contributed by atoms with van der Waals surface area (Å²) >= 11 is 0. The molecule has 0 N–H and O–H groups in total. The normalized spacial score (nSPS) is 39.6. The molecule has 5 unspecified atom stereocenters. The molecule has 2 saturated carbocycles. The van der Waals surface area contributed by atoms with Crippen LogP contribution in [0.1, 0.15) is 57.9 Å². The van der Waals surface area contributed by atoms with Crippen LogP contribution in [0, 0.1) is 34.4 Å². The topological polar surface area (TPSA) is 47.0 Å². The molecule has 5 atom stereocenters. The summed E-state index contributed by atoms with van der Waals surface area (Å²) in [5.74, 6) is 1.13. The Balaban J connectivity index is 1.51. The molecule has 5 rings (SSSR count). The van der Waals surface area contributed by atoms with Gasteiger partial charge in [0.2, 0.25) is 0 Å². The van der Waals surface area contributed by atoms with Crippen molar-refractivity contribution in [3.05, 3.63) is 47.6 Å². The van der Waals surface area contributed by atoms with Crippen molar-refractivity contribution in [2.24, 2.45) is 28.6 Å². The first-order valence-corrected chi connectivity index (χ1v) is 10.4. The Labute approximate surface area is 165 Å². The Hall–Kier alpha value is -2.10. The molecule has 0 spiro atoms. The third-order valence-electron chi connectivity index (χ3n) is 8.39. The monoisotopic (exact) mass is 379 g/mol. The van der Waals surface area contributed by atoms with Gasteiger partial charge in [0.15, 0.2) is 11.6 Å². The van der Waals surface area contributed by atoms with E-state index >= 15 is 0 Å². The summed E-state index contributed by atoms with van der Waals surface area (Å²) in [5.41, 5.74) is 2.65. The molecule has 28 heavy (non-hydrogen) atoms. The number of hydrogen-bond acceptors (Lipinski definition) is 3. The largest absolute Gasteiger partial charge is 0.295 e. The molecule has 0 aliphatic heterocycles. The van der Waals surface area contributed by atoms with E-state index in [9.17, 15) is 14.0 Å². The zero-order valence-corrected chi connectivity index (χ0v) is 16.5. The number of aromatic nitrogens is 1. The van der Waals surface area contributed by atoms with E-state index in [0.29, 0.717) is 30.6 Å². The van der Waals surface area contributed by atoms with E-state index in [2.05, 4.69) is 24.9 Å². The summed E-state index contributed by atoms with van der Waals surface area (Å²) in [4.78, 5) is 29.0. The van der Waals surface area contributed by atoms with Crippen molar-refractivity contribution >= 4 is 17.1 Å². The van der Waals surface area contributed by atoms with Crippen molar-refractivity contribution in [3.63, 3.8) is 0 Å². The molecular formula is C24H26FNO2. The van der Waals surface area contributed by atoms with Gasteiger partial charge in [0.1, 0.15) is 5.82 Å². The van der Waals surface area contributed by atoms with Gasteiger partial charge in [-0.05, 0) is 77.5 Å². The number of ketones is 2. The molecular weight excluding hydrogens is 353 g/mol. The second kappa shape index (κ2) is 5.95. The molecule has 4 heteroatoms. The first kappa shape index (κ1) is 18.0. The molecule has 0 radical (unpaired) electrons. The lowest BCUT2D eigenvalue weighted by molar-refractivity contribution is -0.129. The Morgan fingerprint density at radius 2 is 1.86 bits per heavy atom. The van der Waals surface area contributed by atoms with Crippen molar-refractivity contribution in [2.75, 3.05) is 0 Å². The number of carbonyl (C=O) groups excluding carboxylic acids is 2. The molecule has 1 heterocycles. The van der Waals surface area contributed by atoms with Gasteiger partial charge in [0.05, 0.1) is 6.20 Å². The minimum absolute atomic E-state index is 0.0427. The average molecular weight is 379 g/mol. The lowest BCUT2D eigenvalue weighted by Crippen LogP contribution is -2.52. The number of carbonyl (C=O) groups is 2. The van der Waals surface area contributed by atoms with Crippen LogP contribution in [-0.4, -0.2) is 16.6 Å². The Morgan fingerprint density at radius 3 is 2.64 bits per heavy atom. The van der Waals surface area contributed by atoms with Crippen LogP contribution in [0.2, 0.25) is 0 Å². The molecule has 0 aromatic carbocycles. The highest BCUT2D eigenvalue weighted by Gasteiger charge is 2.59. The maximum absolute atomic E-state index is 13.8. The minimum atomic E-state index is -0.304. The highest BCUT2D eigenvalue weighted by Crippen LogP contribution is 2.66. The summed E-state index contributed by atoms with van der Waals surface area (Å²) in [7, 11) is 0. The molecule has 1 aromatic rings. The van der Waals surface area contributed by atoms with E-state index < -0.39 is 0 Å².